The van der Waals surface area contributed by atoms with E-state index in [2.05, 4.69) is 21.6 Å². The number of ether oxygens (including phenoxy) is 1. The second-order valence-electron chi connectivity index (χ2n) is 7.25. The first-order valence-corrected chi connectivity index (χ1v) is 11.0. The van der Waals surface area contributed by atoms with Crippen molar-refractivity contribution in [2.24, 2.45) is 0 Å². The second-order valence-corrected chi connectivity index (χ2v) is 9.02. The molecule has 1 aliphatic heterocycles. The number of piperazine rings is 1. The van der Waals surface area contributed by atoms with Gasteiger partial charge in [0, 0.05) is 38.4 Å². The van der Waals surface area contributed by atoms with Gasteiger partial charge in [-0.1, -0.05) is 18.2 Å². The van der Waals surface area contributed by atoms with Crippen LogP contribution in [0.4, 0.5) is 5.69 Å². The van der Waals surface area contributed by atoms with Gasteiger partial charge in [0.25, 0.3) is 0 Å². The van der Waals surface area contributed by atoms with Crippen molar-refractivity contribution in [1.29, 1.82) is 0 Å². The average molecular weight is 418 g/mol. The zero-order valence-electron chi connectivity index (χ0n) is 17.0. The molecule has 0 aliphatic carbocycles. The Labute approximate surface area is 172 Å². The molecule has 0 saturated carbocycles. The molecule has 8 heteroatoms. The molecule has 0 aromatic heterocycles. The Morgan fingerprint density at radius 1 is 1.07 bits per heavy atom. The molecule has 2 aromatic carbocycles. The first-order chi connectivity index (χ1) is 13.8. The molecular weight excluding hydrogens is 390 g/mol. The van der Waals surface area contributed by atoms with Crippen LogP contribution in [-0.2, 0) is 21.3 Å². The molecule has 29 heavy (non-hydrogen) atoms. The van der Waals surface area contributed by atoms with Crippen LogP contribution >= 0.6 is 0 Å². The third-order valence-electron chi connectivity index (χ3n) is 5.20. The molecule has 2 aromatic rings. The predicted molar refractivity (Wildman–Crippen MR) is 113 cm³/mol. The summed E-state index contributed by atoms with van der Waals surface area (Å²) in [6.45, 7) is 5.94. The molecule has 0 amide bonds. The fourth-order valence-electron chi connectivity index (χ4n) is 3.25. The lowest BCUT2D eigenvalue weighted by molar-refractivity contribution is 0.0599. The topological polar surface area (TPSA) is 78.9 Å². The maximum atomic E-state index is 12.6. The minimum absolute atomic E-state index is 0.0394. The Balaban J connectivity index is 1.67. The highest BCUT2D eigenvalue weighted by Gasteiger charge is 2.19. The minimum atomic E-state index is -3.75. The van der Waals surface area contributed by atoms with Crippen LogP contribution in [0.15, 0.2) is 47.4 Å². The summed E-state index contributed by atoms with van der Waals surface area (Å²) in [6, 6.07) is 12.4. The first kappa shape index (κ1) is 21.3. The van der Waals surface area contributed by atoms with Crippen molar-refractivity contribution in [3.8, 4) is 0 Å². The number of nitrogens with one attached hydrogen (secondary N) is 1. The number of rotatable bonds is 6. The number of esters is 1. The highest BCUT2D eigenvalue weighted by atomic mass is 32.2. The van der Waals surface area contributed by atoms with E-state index in [0.717, 1.165) is 37.4 Å². The van der Waals surface area contributed by atoms with E-state index < -0.39 is 16.0 Å². The molecule has 1 saturated heterocycles. The molecule has 1 N–H and O–H groups in total. The van der Waals surface area contributed by atoms with Gasteiger partial charge in [0.1, 0.15) is 0 Å². The number of anilines is 1. The standard InChI is InChI=1S/C21H27N3O4S/c1-16-4-9-19(14-20(16)21(25)28-3)29(26,27)22-15-17-5-7-18(8-6-17)24-12-10-23(2)11-13-24/h4-9,14,22H,10-13,15H2,1-3H3. The maximum absolute atomic E-state index is 12.6. The molecule has 0 unspecified atom stereocenters. The van der Waals surface area contributed by atoms with Crippen molar-refractivity contribution >= 4 is 21.7 Å². The zero-order chi connectivity index (χ0) is 21.0. The first-order valence-electron chi connectivity index (χ1n) is 9.51. The Morgan fingerprint density at radius 3 is 2.34 bits per heavy atom. The van der Waals surface area contributed by atoms with Crippen LogP contribution in [0.25, 0.3) is 0 Å². The smallest absolute Gasteiger partial charge is 0.338 e. The van der Waals surface area contributed by atoms with Gasteiger partial charge in [-0.15, -0.1) is 0 Å². The molecule has 0 radical (unpaired) electrons. The molecule has 0 bridgehead atoms. The number of aryl methyl sites for hydroxylation is 1. The summed E-state index contributed by atoms with van der Waals surface area (Å²) in [6.07, 6.45) is 0. The number of carbonyl (C=O) groups is 1. The van der Waals surface area contributed by atoms with Gasteiger partial charge in [0.15, 0.2) is 0 Å². The number of sulfonamides is 1. The van der Waals surface area contributed by atoms with Gasteiger partial charge in [-0.25, -0.2) is 17.9 Å². The van der Waals surface area contributed by atoms with Crippen LogP contribution < -0.4 is 9.62 Å². The van der Waals surface area contributed by atoms with Crippen LogP contribution in [0.5, 0.6) is 0 Å². The largest absolute Gasteiger partial charge is 0.465 e. The van der Waals surface area contributed by atoms with Crippen LogP contribution in [-0.4, -0.2) is 59.6 Å². The van der Waals surface area contributed by atoms with Gasteiger partial charge in [0.05, 0.1) is 17.6 Å². The summed E-state index contributed by atoms with van der Waals surface area (Å²) < 4.78 is 32.6. The van der Waals surface area contributed by atoms with Gasteiger partial charge in [-0.2, -0.15) is 0 Å². The highest BCUT2D eigenvalue weighted by molar-refractivity contribution is 7.89. The van der Waals surface area contributed by atoms with Gasteiger partial charge in [-0.05, 0) is 49.4 Å². The number of hydrogen-bond acceptors (Lipinski definition) is 6. The summed E-state index contributed by atoms with van der Waals surface area (Å²) in [5.74, 6) is -0.556. The number of methoxy groups -OCH3 is 1. The fourth-order valence-corrected chi connectivity index (χ4v) is 4.29. The van der Waals surface area contributed by atoms with Crippen LogP contribution in [0.1, 0.15) is 21.5 Å². The van der Waals surface area contributed by atoms with Crippen molar-refractivity contribution in [3.05, 3.63) is 59.2 Å². The van der Waals surface area contributed by atoms with E-state index >= 15 is 0 Å². The number of nitrogens with zero attached hydrogens (tertiary/aromatic N) is 2. The molecule has 1 heterocycles. The van der Waals surface area contributed by atoms with Gasteiger partial charge >= 0.3 is 5.97 Å². The quantitative estimate of drug-likeness (QED) is 0.725. The average Bonchev–Trinajstić information content (AvgIpc) is 2.73. The van der Waals surface area contributed by atoms with E-state index in [1.54, 1.807) is 13.0 Å². The lowest BCUT2D eigenvalue weighted by Crippen LogP contribution is -2.44. The van der Waals surface area contributed by atoms with Crippen molar-refractivity contribution in [1.82, 2.24) is 9.62 Å². The molecule has 156 valence electrons. The Kier molecular flexibility index (Phi) is 6.56. The molecule has 7 nitrogen and oxygen atoms in total. The summed E-state index contributed by atoms with van der Waals surface area (Å²) in [5, 5.41) is 0. The minimum Gasteiger partial charge on any atom is -0.465 e. The number of benzene rings is 2. The van der Waals surface area contributed by atoms with Gasteiger partial charge in [0.2, 0.25) is 10.0 Å². The Morgan fingerprint density at radius 2 is 1.72 bits per heavy atom. The third kappa shape index (κ3) is 5.14. The number of hydrogen-bond donors (Lipinski definition) is 1. The molecule has 0 atom stereocenters. The van der Waals surface area contributed by atoms with Crippen LogP contribution in [0, 0.1) is 6.92 Å². The molecule has 0 spiro atoms. The van der Waals surface area contributed by atoms with E-state index in [9.17, 15) is 13.2 Å². The summed E-state index contributed by atoms with van der Waals surface area (Å²) in [5.41, 5.74) is 2.92. The lowest BCUT2D eigenvalue weighted by atomic mass is 10.1. The molecular formula is C21H27N3O4S. The molecule has 3 rings (SSSR count). The van der Waals surface area contributed by atoms with Crippen LogP contribution in [0.3, 0.4) is 0 Å². The molecule has 1 fully saturated rings. The third-order valence-corrected chi connectivity index (χ3v) is 6.59. The zero-order valence-corrected chi connectivity index (χ0v) is 17.8. The summed E-state index contributed by atoms with van der Waals surface area (Å²) >= 11 is 0. The van der Waals surface area contributed by atoms with Crippen LogP contribution in [0.2, 0.25) is 0 Å². The van der Waals surface area contributed by atoms with Gasteiger partial charge in [-0.3, -0.25) is 0 Å². The number of likely N-dealkylation sites (N-methyl/N-ethyl adjacent to an activating group) is 1. The maximum Gasteiger partial charge on any atom is 0.338 e. The van der Waals surface area contributed by atoms with E-state index in [0.29, 0.717) is 5.56 Å². The Bertz CT molecular complexity index is 966. The van der Waals surface area contributed by atoms with E-state index in [4.69, 9.17) is 4.74 Å². The second kappa shape index (κ2) is 8.94. The van der Waals surface area contributed by atoms with Crippen molar-refractivity contribution in [2.75, 3.05) is 45.2 Å². The van der Waals surface area contributed by atoms with E-state index in [1.165, 1.54) is 19.2 Å². The molecule has 1 aliphatic rings. The van der Waals surface area contributed by atoms with Crippen molar-refractivity contribution < 1.29 is 17.9 Å². The summed E-state index contributed by atoms with van der Waals surface area (Å²) in [7, 11) is -0.359. The number of carbonyl (C=O) groups excluding carboxylic acids is 1. The fraction of sp³-hybridized carbons (Fsp3) is 0.381. The van der Waals surface area contributed by atoms with Crippen molar-refractivity contribution in [2.45, 2.75) is 18.4 Å². The van der Waals surface area contributed by atoms with Gasteiger partial charge < -0.3 is 14.5 Å². The summed E-state index contributed by atoms with van der Waals surface area (Å²) in [4.78, 5) is 16.5. The highest BCUT2D eigenvalue weighted by Crippen LogP contribution is 2.19. The Hall–Kier alpha value is -2.42. The lowest BCUT2D eigenvalue weighted by Gasteiger charge is -2.34. The normalized spacial score (nSPS) is 15.3. The predicted octanol–water partition coefficient (Wildman–Crippen LogP) is 2.01. The monoisotopic (exact) mass is 417 g/mol. The van der Waals surface area contributed by atoms with Crippen molar-refractivity contribution in [3.63, 3.8) is 0 Å². The van der Waals surface area contributed by atoms with E-state index in [1.807, 2.05) is 24.3 Å². The SMILES string of the molecule is COC(=O)c1cc(S(=O)(=O)NCc2ccc(N3CCN(C)CC3)cc2)ccc1C. The van der Waals surface area contributed by atoms with E-state index in [-0.39, 0.29) is 17.0 Å².